The summed E-state index contributed by atoms with van der Waals surface area (Å²) in [5.74, 6) is -0.212. The molecule has 0 fully saturated rings. The van der Waals surface area contributed by atoms with Crippen molar-refractivity contribution in [2.24, 2.45) is 0 Å². The third-order valence-corrected chi connectivity index (χ3v) is 4.21. The van der Waals surface area contributed by atoms with Gasteiger partial charge < -0.3 is 0 Å². The normalized spacial score (nSPS) is 12.6. The van der Waals surface area contributed by atoms with Crippen molar-refractivity contribution in [1.82, 2.24) is 0 Å². The van der Waals surface area contributed by atoms with E-state index in [0.717, 1.165) is 5.56 Å². The molecule has 0 bridgehead atoms. The summed E-state index contributed by atoms with van der Waals surface area (Å²) in [6.45, 7) is 0. The summed E-state index contributed by atoms with van der Waals surface area (Å²) in [7, 11) is -3.86. The van der Waals surface area contributed by atoms with Gasteiger partial charge in [-0.1, -0.05) is 66.4 Å². The maximum atomic E-state index is 10.5. The van der Waals surface area contributed by atoms with E-state index in [1.807, 2.05) is 30.3 Å². The number of unbranched alkanes of at least 4 members (excludes halogenated alkanes) is 2. The van der Waals surface area contributed by atoms with Gasteiger partial charge >= 0.3 is 0 Å². The molecule has 0 unspecified atom stereocenters. The quantitative estimate of drug-likeness (QED) is 0.474. The van der Waals surface area contributed by atoms with Gasteiger partial charge in [-0.3, -0.25) is 4.55 Å². The van der Waals surface area contributed by atoms with Crippen LogP contribution in [0.25, 0.3) is 0 Å². The molecule has 0 aromatic heterocycles. The molecular weight excluding hydrogens is 295 g/mol. The van der Waals surface area contributed by atoms with Crippen LogP contribution in [0.5, 0.6) is 0 Å². The van der Waals surface area contributed by atoms with Gasteiger partial charge in [-0.2, -0.15) is 8.42 Å². The lowest BCUT2D eigenvalue weighted by molar-refractivity contribution is 0.478. The predicted octanol–water partition coefficient (Wildman–Crippen LogP) is 3.77. The van der Waals surface area contributed by atoms with E-state index in [2.05, 4.69) is 0 Å². The van der Waals surface area contributed by atoms with Crippen molar-refractivity contribution in [2.75, 3.05) is 5.75 Å². The molecule has 1 aromatic carbocycles. The fourth-order valence-corrected chi connectivity index (χ4v) is 2.72. The van der Waals surface area contributed by atoms with E-state index < -0.39 is 14.5 Å². The Labute approximate surface area is 118 Å². The first-order chi connectivity index (χ1) is 8.31. The summed E-state index contributed by atoms with van der Waals surface area (Å²) in [6.07, 6.45) is 2.33. The molecule has 3 nitrogen and oxygen atoms in total. The smallest absolute Gasteiger partial charge is 0.264 e. The third-order valence-electron chi connectivity index (χ3n) is 2.59. The second-order valence-electron chi connectivity index (χ2n) is 4.17. The Kier molecular flexibility index (Phi) is 5.92. The van der Waals surface area contributed by atoms with Gasteiger partial charge in [-0.05, 0) is 18.4 Å². The average Bonchev–Trinajstić information content (AvgIpc) is 2.28. The van der Waals surface area contributed by atoms with Crippen molar-refractivity contribution in [3.63, 3.8) is 0 Å². The first-order valence-corrected chi connectivity index (χ1v) is 8.06. The Morgan fingerprint density at radius 3 is 2.22 bits per heavy atom. The lowest BCUT2D eigenvalue weighted by atomic mass is 10.1. The highest BCUT2D eigenvalue weighted by Gasteiger charge is 2.25. The monoisotopic (exact) mass is 310 g/mol. The van der Waals surface area contributed by atoms with Crippen LogP contribution in [-0.2, 0) is 14.5 Å². The highest BCUT2D eigenvalue weighted by molar-refractivity contribution is 7.85. The maximum Gasteiger partial charge on any atom is 0.264 e. The number of hydrogen-bond acceptors (Lipinski definition) is 2. The summed E-state index contributed by atoms with van der Waals surface area (Å²) in [5.41, 5.74) is 0.836. The SMILES string of the molecule is O=S(=O)(O)CCCCCC(Cl)(Cl)c1ccccc1. The lowest BCUT2D eigenvalue weighted by Gasteiger charge is -2.19. The molecule has 0 atom stereocenters. The lowest BCUT2D eigenvalue weighted by Crippen LogP contribution is -2.10. The van der Waals surface area contributed by atoms with Gasteiger partial charge in [-0.25, -0.2) is 0 Å². The molecule has 0 radical (unpaired) electrons. The van der Waals surface area contributed by atoms with Crippen LogP contribution in [0.4, 0.5) is 0 Å². The van der Waals surface area contributed by atoms with Crippen molar-refractivity contribution in [1.29, 1.82) is 0 Å². The molecule has 0 aliphatic carbocycles. The van der Waals surface area contributed by atoms with Gasteiger partial charge in [0.15, 0.2) is 0 Å². The van der Waals surface area contributed by atoms with E-state index in [-0.39, 0.29) is 5.75 Å². The van der Waals surface area contributed by atoms with E-state index in [4.69, 9.17) is 27.8 Å². The highest BCUT2D eigenvalue weighted by Crippen LogP contribution is 2.38. The Balaban J connectivity index is 2.35. The molecule has 18 heavy (non-hydrogen) atoms. The third kappa shape index (κ3) is 6.05. The average molecular weight is 311 g/mol. The largest absolute Gasteiger partial charge is 0.286 e. The molecule has 0 amide bonds. The topological polar surface area (TPSA) is 54.4 Å². The fourth-order valence-electron chi connectivity index (χ4n) is 1.63. The summed E-state index contributed by atoms with van der Waals surface area (Å²) in [5, 5.41) is 0. The minimum absolute atomic E-state index is 0.212. The number of hydrogen-bond donors (Lipinski definition) is 1. The molecule has 0 heterocycles. The van der Waals surface area contributed by atoms with Crippen LogP contribution in [-0.4, -0.2) is 18.7 Å². The van der Waals surface area contributed by atoms with Crippen LogP contribution >= 0.6 is 23.2 Å². The van der Waals surface area contributed by atoms with Gasteiger partial charge in [0.2, 0.25) is 0 Å². The van der Waals surface area contributed by atoms with Crippen LogP contribution in [0.2, 0.25) is 0 Å². The van der Waals surface area contributed by atoms with Crippen molar-refractivity contribution in [2.45, 2.75) is 30.0 Å². The van der Waals surface area contributed by atoms with Gasteiger partial charge in [0.25, 0.3) is 10.1 Å². The molecule has 0 aliphatic rings. The van der Waals surface area contributed by atoms with E-state index >= 15 is 0 Å². The van der Waals surface area contributed by atoms with E-state index in [1.54, 1.807) is 0 Å². The molecule has 1 rings (SSSR count). The Morgan fingerprint density at radius 2 is 1.67 bits per heavy atom. The Bertz CT molecular complexity index is 457. The zero-order chi connectivity index (χ0) is 13.6. The highest BCUT2D eigenvalue weighted by atomic mass is 35.5. The van der Waals surface area contributed by atoms with Crippen LogP contribution in [0, 0.1) is 0 Å². The van der Waals surface area contributed by atoms with Crippen LogP contribution in [0.3, 0.4) is 0 Å². The van der Waals surface area contributed by atoms with Crippen molar-refractivity contribution >= 4 is 33.3 Å². The van der Waals surface area contributed by atoms with Crippen LogP contribution in [0.1, 0.15) is 31.2 Å². The second kappa shape index (κ2) is 6.75. The molecule has 1 aromatic rings. The molecule has 0 saturated carbocycles. The molecular formula is C12H16Cl2O3S. The van der Waals surface area contributed by atoms with Gasteiger partial charge in [0.05, 0.1) is 5.75 Å². The minimum Gasteiger partial charge on any atom is -0.286 e. The standard InChI is InChI=1S/C12H16Cl2O3S/c13-12(14,11-7-3-1-4-8-11)9-5-2-6-10-18(15,16)17/h1,3-4,7-8H,2,5-6,9-10H2,(H,15,16,17). The Morgan fingerprint density at radius 1 is 1.06 bits per heavy atom. The summed E-state index contributed by atoms with van der Waals surface area (Å²) in [4.78, 5) is 0. The number of benzene rings is 1. The zero-order valence-corrected chi connectivity index (χ0v) is 12.2. The molecule has 0 aliphatic heterocycles. The van der Waals surface area contributed by atoms with E-state index in [0.29, 0.717) is 25.7 Å². The fraction of sp³-hybridized carbons (Fsp3) is 0.500. The van der Waals surface area contributed by atoms with E-state index in [9.17, 15) is 8.42 Å². The maximum absolute atomic E-state index is 10.5. The number of alkyl halides is 2. The van der Waals surface area contributed by atoms with E-state index in [1.165, 1.54) is 0 Å². The first kappa shape index (κ1) is 15.8. The molecule has 102 valence electrons. The second-order valence-corrected chi connectivity index (χ2v) is 7.22. The van der Waals surface area contributed by atoms with Crippen molar-refractivity contribution in [3.8, 4) is 0 Å². The van der Waals surface area contributed by atoms with Crippen LogP contribution in [0.15, 0.2) is 30.3 Å². The van der Waals surface area contributed by atoms with Crippen molar-refractivity contribution < 1.29 is 13.0 Å². The first-order valence-electron chi connectivity index (χ1n) is 5.70. The van der Waals surface area contributed by atoms with Crippen molar-refractivity contribution in [3.05, 3.63) is 35.9 Å². The molecule has 6 heteroatoms. The summed E-state index contributed by atoms with van der Waals surface area (Å²) >= 11 is 12.5. The van der Waals surface area contributed by atoms with Crippen LogP contribution < -0.4 is 0 Å². The van der Waals surface area contributed by atoms with Gasteiger partial charge in [0.1, 0.15) is 4.33 Å². The summed E-state index contributed by atoms with van der Waals surface area (Å²) in [6, 6.07) is 9.34. The minimum atomic E-state index is -3.86. The predicted molar refractivity (Wildman–Crippen MR) is 74.7 cm³/mol. The number of halogens is 2. The summed E-state index contributed by atoms with van der Waals surface area (Å²) < 4.78 is 28.7. The Hall–Kier alpha value is -0.290. The molecule has 1 N–H and O–H groups in total. The molecule has 0 saturated heterocycles. The number of rotatable bonds is 7. The van der Waals surface area contributed by atoms with Gasteiger partial charge in [0, 0.05) is 0 Å². The van der Waals surface area contributed by atoms with Gasteiger partial charge in [-0.15, -0.1) is 0 Å². The molecule has 0 spiro atoms. The zero-order valence-electron chi connectivity index (χ0n) is 9.85.